The third-order valence-electron chi connectivity index (χ3n) is 0.987. The summed E-state index contributed by atoms with van der Waals surface area (Å²) in [5.74, 6) is -2.05. The zero-order valence-electron chi connectivity index (χ0n) is 3.46. The van der Waals surface area contributed by atoms with E-state index >= 15 is 0 Å². The van der Waals surface area contributed by atoms with Gasteiger partial charge >= 0.3 is 0 Å². The van der Waals surface area contributed by atoms with Gasteiger partial charge in [-0.2, -0.15) is 0 Å². The molecular formula is C4H5F2. The summed E-state index contributed by atoms with van der Waals surface area (Å²) in [7, 11) is 0. The topological polar surface area (TPSA) is 0 Å². The van der Waals surface area contributed by atoms with E-state index in [2.05, 4.69) is 0 Å². The second-order valence-corrected chi connectivity index (χ2v) is 1.66. The van der Waals surface area contributed by atoms with Gasteiger partial charge in [0.25, 0.3) is 5.92 Å². The molecule has 1 rings (SSSR count). The van der Waals surface area contributed by atoms with Gasteiger partial charge in [-0.1, -0.05) is 6.92 Å². The summed E-state index contributed by atoms with van der Waals surface area (Å²) in [5, 5.41) is 0. The molecule has 0 spiro atoms. The monoisotopic (exact) mass is 91.0 g/mol. The highest BCUT2D eigenvalue weighted by Crippen LogP contribution is 2.49. The average Bonchev–Trinajstić information content (AvgIpc) is 1.73. The minimum Gasteiger partial charge on any atom is -0.206 e. The zero-order valence-corrected chi connectivity index (χ0v) is 3.46. The molecule has 1 aliphatic rings. The van der Waals surface area contributed by atoms with E-state index in [1.165, 1.54) is 6.92 Å². The van der Waals surface area contributed by atoms with Crippen molar-refractivity contribution in [2.45, 2.75) is 19.3 Å². The van der Waals surface area contributed by atoms with Crippen LogP contribution in [0.25, 0.3) is 0 Å². The Morgan fingerprint density at radius 2 is 1.83 bits per heavy atom. The molecule has 1 fully saturated rings. The molecule has 0 aromatic heterocycles. The van der Waals surface area contributed by atoms with Crippen molar-refractivity contribution in [1.82, 2.24) is 0 Å². The maximum atomic E-state index is 11.5. The predicted octanol–water partition coefficient (Wildman–Crippen LogP) is 1.62. The Kier molecular flexibility index (Phi) is 0.500. The van der Waals surface area contributed by atoms with Crippen molar-refractivity contribution >= 4 is 0 Å². The van der Waals surface area contributed by atoms with Crippen LogP contribution in [0.15, 0.2) is 0 Å². The molecule has 1 radical (unpaired) electrons. The molecule has 0 aromatic rings. The third-order valence-corrected chi connectivity index (χ3v) is 0.987. The zero-order chi connectivity index (χ0) is 4.78. The number of alkyl halides is 2. The molecule has 0 saturated heterocycles. The van der Waals surface area contributed by atoms with Crippen LogP contribution in [0.1, 0.15) is 13.3 Å². The summed E-state index contributed by atoms with van der Waals surface area (Å²) in [4.78, 5) is 0. The highest BCUT2D eigenvalue weighted by molar-refractivity contribution is 5.18. The van der Waals surface area contributed by atoms with E-state index in [4.69, 9.17) is 0 Å². The number of hydrogen-bond donors (Lipinski definition) is 0. The summed E-state index contributed by atoms with van der Waals surface area (Å²) in [6.07, 6.45) is 0.0208. The summed E-state index contributed by atoms with van der Waals surface area (Å²) < 4.78 is 23.0. The largest absolute Gasteiger partial charge is 0.255 e. The second-order valence-electron chi connectivity index (χ2n) is 1.66. The Balaban J connectivity index is 2.41. The Labute approximate surface area is 35.2 Å². The van der Waals surface area contributed by atoms with Crippen molar-refractivity contribution in [3.63, 3.8) is 0 Å². The van der Waals surface area contributed by atoms with Gasteiger partial charge in [-0.15, -0.1) is 0 Å². The van der Waals surface area contributed by atoms with Crippen molar-refractivity contribution in [2.24, 2.45) is 0 Å². The lowest BCUT2D eigenvalue weighted by molar-refractivity contribution is 0.127. The minimum absolute atomic E-state index is 0.0208. The Morgan fingerprint density at radius 3 is 1.83 bits per heavy atom. The first kappa shape index (κ1) is 4.03. The summed E-state index contributed by atoms with van der Waals surface area (Å²) in [5.41, 5.74) is 0. The van der Waals surface area contributed by atoms with Gasteiger partial charge in [-0.05, 0) is 0 Å². The summed E-state index contributed by atoms with van der Waals surface area (Å²) in [6.45, 7) is 1.47. The van der Waals surface area contributed by atoms with Crippen molar-refractivity contribution in [3.8, 4) is 0 Å². The van der Waals surface area contributed by atoms with Gasteiger partial charge in [0, 0.05) is 12.3 Å². The third kappa shape index (κ3) is 0.402. The molecule has 0 bridgehead atoms. The minimum atomic E-state index is -2.38. The highest BCUT2D eigenvalue weighted by atomic mass is 19.3. The van der Waals surface area contributed by atoms with E-state index in [1.54, 1.807) is 0 Å². The molecular weight excluding hydrogens is 86.0 g/mol. The van der Waals surface area contributed by atoms with Gasteiger partial charge in [0.05, 0.1) is 0 Å². The molecule has 0 N–H and O–H groups in total. The van der Waals surface area contributed by atoms with Crippen LogP contribution in [0.4, 0.5) is 8.78 Å². The lowest BCUT2D eigenvalue weighted by atomic mass is 10.5. The molecule has 0 atom stereocenters. The van der Waals surface area contributed by atoms with E-state index in [-0.39, 0.29) is 6.42 Å². The van der Waals surface area contributed by atoms with Crippen molar-refractivity contribution in [3.05, 3.63) is 5.92 Å². The van der Waals surface area contributed by atoms with Gasteiger partial charge in [-0.25, -0.2) is 8.78 Å². The first-order chi connectivity index (χ1) is 2.63. The van der Waals surface area contributed by atoms with Gasteiger partial charge in [-0.3, -0.25) is 0 Å². The molecule has 2 heteroatoms. The summed E-state index contributed by atoms with van der Waals surface area (Å²) >= 11 is 0. The standard InChI is InChI=1S/C4H5F2/c1-3-2-4(3,5)6/h2H2,1H3. The SMILES string of the molecule is C[C]1CC1(F)F. The Hall–Kier alpha value is -0.140. The smallest absolute Gasteiger partial charge is 0.206 e. The number of hydrogen-bond acceptors (Lipinski definition) is 0. The van der Waals surface area contributed by atoms with Crippen molar-refractivity contribution < 1.29 is 8.78 Å². The van der Waals surface area contributed by atoms with Crippen molar-refractivity contribution in [1.29, 1.82) is 0 Å². The lowest BCUT2D eigenvalue weighted by Gasteiger charge is -1.81. The average molecular weight is 91.1 g/mol. The first-order valence-corrected chi connectivity index (χ1v) is 1.84. The Bertz CT molecular complexity index is 67.9. The van der Waals surface area contributed by atoms with Crippen LogP contribution in [-0.2, 0) is 0 Å². The van der Waals surface area contributed by atoms with Crippen LogP contribution >= 0.6 is 0 Å². The van der Waals surface area contributed by atoms with Crippen LogP contribution in [0.5, 0.6) is 0 Å². The Morgan fingerprint density at radius 1 is 1.67 bits per heavy atom. The molecule has 35 valence electrons. The first-order valence-electron chi connectivity index (χ1n) is 1.84. The normalized spacial score (nSPS) is 30.5. The molecule has 0 amide bonds. The van der Waals surface area contributed by atoms with Gasteiger partial charge in [0.1, 0.15) is 0 Å². The van der Waals surface area contributed by atoms with Crippen LogP contribution in [0.3, 0.4) is 0 Å². The van der Waals surface area contributed by atoms with Crippen LogP contribution < -0.4 is 0 Å². The van der Waals surface area contributed by atoms with Crippen LogP contribution in [0, 0.1) is 5.92 Å². The summed E-state index contributed by atoms with van der Waals surface area (Å²) in [6, 6.07) is 0. The van der Waals surface area contributed by atoms with E-state index < -0.39 is 5.92 Å². The molecule has 0 nitrogen and oxygen atoms in total. The molecule has 1 saturated carbocycles. The number of rotatable bonds is 0. The van der Waals surface area contributed by atoms with E-state index in [1.807, 2.05) is 0 Å². The van der Waals surface area contributed by atoms with Gasteiger partial charge in [0.15, 0.2) is 0 Å². The quantitative estimate of drug-likeness (QED) is 0.425. The van der Waals surface area contributed by atoms with E-state index in [0.29, 0.717) is 5.92 Å². The second kappa shape index (κ2) is 0.745. The van der Waals surface area contributed by atoms with Gasteiger partial charge in [0.2, 0.25) is 0 Å². The number of halogens is 2. The molecule has 0 heterocycles. The molecule has 6 heavy (non-hydrogen) atoms. The fourth-order valence-electron chi connectivity index (χ4n) is 0.289. The van der Waals surface area contributed by atoms with Crippen LogP contribution in [0.2, 0.25) is 0 Å². The fraction of sp³-hybridized carbons (Fsp3) is 0.750. The maximum absolute atomic E-state index is 11.5. The van der Waals surface area contributed by atoms with E-state index in [9.17, 15) is 8.78 Å². The fourth-order valence-corrected chi connectivity index (χ4v) is 0.289. The van der Waals surface area contributed by atoms with E-state index in [0.717, 1.165) is 0 Å². The van der Waals surface area contributed by atoms with Gasteiger partial charge < -0.3 is 0 Å². The molecule has 0 aromatic carbocycles. The predicted molar refractivity (Wildman–Crippen MR) is 18.5 cm³/mol. The van der Waals surface area contributed by atoms with Crippen molar-refractivity contribution in [2.75, 3.05) is 0 Å². The molecule has 0 unspecified atom stereocenters. The van der Waals surface area contributed by atoms with Crippen LogP contribution in [-0.4, -0.2) is 5.92 Å². The highest BCUT2D eigenvalue weighted by Gasteiger charge is 2.54. The molecule has 1 aliphatic carbocycles. The maximum Gasteiger partial charge on any atom is 0.255 e. The lowest BCUT2D eigenvalue weighted by Crippen LogP contribution is -1.85. The molecule has 0 aliphatic heterocycles.